The highest BCUT2D eigenvalue weighted by atomic mass is 16.6. The van der Waals surface area contributed by atoms with E-state index in [4.69, 9.17) is 13.6 Å². The van der Waals surface area contributed by atoms with Crippen molar-refractivity contribution in [3.05, 3.63) is 0 Å². The average Bonchev–Trinajstić information content (AvgIpc) is 2.54. The first-order valence-electron chi connectivity index (χ1n) is 7.52. The van der Waals surface area contributed by atoms with Crippen LogP contribution in [0.5, 0.6) is 0 Å². The Morgan fingerprint density at radius 2 is 1.45 bits per heavy atom. The van der Waals surface area contributed by atoms with Gasteiger partial charge in [0.05, 0.1) is 6.10 Å². The first-order valence-corrected chi connectivity index (χ1v) is 5.40. The third kappa shape index (κ3) is 6.28. The van der Waals surface area contributed by atoms with Gasteiger partial charge in [0.15, 0.2) is 24.6 Å². The zero-order valence-corrected chi connectivity index (χ0v) is 10.8. The zero-order valence-electron chi connectivity index (χ0n) is 13.8. The van der Waals surface area contributed by atoms with Gasteiger partial charge < -0.3 is 19.3 Å². The summed E-state index contributed by atoms with van der Waals surface area (Å²) in [5.41, 5.74) is 0. The SMILES string of the molecule is [2H]CC(=O)O[C@H]([C@@H](OC(=O)C[2H])[C@@H](C)O)[C@H](C=O)OC(=O)C[2H]. The van der Waals surface area contributed by atoms with Crippen molar-refractivity contribution in [2.45, 2.75) is 52.0 Å². The topological polar surface area (TPSA) is 116 Å². The molecule has 0 saturated carbocycles. The molecule has 0 aliphatic rings. The number of ether oxygens (including phenoxy) is 3. The van der Waals surface area contributed by atoms with Gasteiger partial charge in [-0.15, -0.1) is 0 Å². The third-order valence-corrected chi connectivity index (χ3v) is 2.06. The summed E-state index contributed by atoms with van der Waals surface area (Å²) in [4.78, 5) is 44.8. The van der Waals surface area contributed by atoms with E-state index in [1.54, 1.807) is 0 Å². The fraction of sp³-hybridized carbons (Fsp3) is 0.667. The van der Waals surface area contributed by atoms with E-state index in [0.717, 1.165) is 6.92 Å². The van der Waals surface area contributed by atoms with E-state index in [1.165, 1.54) is 0 Å². The minimum atomic E-state index is -1.75. The van der Waals surface area contributed by atoms with Gasteiger partial charge >= 0.3 is 17.9 Å². The number of hydrogen-bond donors (Lipinski definition) is 1. The number of esters is 3. The molecular formula is C12H18O8. The largest absolute Gasteiger partial charge is 0.456 e. The standard InChI is InChI=1S/C12H18O8/c1-6(14)11(19-8(3)16)12(20-9(4)17)10(5-13)18-7(2)15/h5-6,10-12,14H,1-4H3/t6-,10+,11+,12+/m1/s1/i2D,3D,4D. The maximum absolute atomic E-state index is 11.3. The van der Waals surface area contributed by atoms with Crippen LogP contribution in [0.4, 0.5) is 0 Å². The van der Waals surface area contributed by atoms with Gasteiger partial charge in [-0.05, 0) is 6.92 Å². The molecule has 0 bridgehead atoms. The number of aliphatic hydroxyl groups excluding tert-OH is 1. The van der Waals surface area contributed by atoms with Crippen molar-refractivity contribution in [3.63, 3.8) is 0 Å². The summed E-state index contributed by atoms with van der Waals surface area (Å²) in [5, 5.41) is 9.68. The van der Waals surface area contributed by atoms with Crippen molar-refractivity contribution in [2.24, 2.45) is 0 Å². The van der Waals surface area contributed by atoms with Crippen molar-refractivity contribution >= 4 is 24.2 Å². The van der Waals surface area contributed by atoms with E-state index in [9.17, 15) is 24.3 Å². The van der Waals surface area contributed by atoms with Gasteiger partial charge in [-0.25, -0.2) is 0 Å². The van der Waals surface area contributed by atoms with Crippen LogP contribution < -0.4 is 0 Å². The summed E-state index contributed by atoms with van der Waals surface area (Å²) >= 11 is 0. The molecular weight excluding hydrogens is 272 g/mol. The van der Waals surface area contributed by atoms with Crippen LogP contribution >= 0.6 is 0 Å². The van der Waals surface area contributed by atoms with Gasteiger partial charge in [0, 0.05) is 24.8 Å². The summed E-state index contributed by atoms with van der Waals surface area (Å²) in [5.74, 6) is -3.29. The van der Waals surface area contributed by atoms with E-state index < -0.39 is 63.0 Å². The number of carbonyl (C=O) groups excluding carboxylic acids is 4. The van der Waals surface area contributed by atoms with Gasteiger partial charge in [-0.2, -0.15) is 0 Å². The minimum absolute atomic E-state index is 0.0827. The highest BCUT2D eigenvalue weighted by Crippen LogP contribution is 2.16. The number of hydrogen-bond acceptors (Lipinski definition) is 8. The summed E-state index contributed by atoms with van der Waals surface area (Å²) in [7, 11) is 0. The molecule has 8 heteroatoms. The number of rotatable bonds is 7. The molecule has 0 radical (unpaired) electrons. The normalized spacial score (nSPS) is 18.2. The Morgan fingerprint density at radius 3 is 1.85 bits per heavy atom. The van der Waals surface area contributed by atoms with E-state index in [1.807, 2.05) is 0 Å². The maximum atomic E-state index is 11.3. The Bertz CT molecular complexity index is 429. The van der Waals surface area contributed by atoms with Crippen molar-refractivity contribution in [1.82, 2.24) is 0 Å². The molecule has 0 spiro atoms. The van der Waals surface area contributed by atoms with Crippen LogP contribution in [0.25, 0.3) is 0 Å². The molecule has 0 heterocycles. The lowest BCUT2D eigenvalue weighted by Gasteiger charge is -2.30. The fourth-order valence-electron chi connectivity index (χ4n) is 1.39. The second-order valence-electron chi connectivity index (χ2n) is 3.74. The van der Waals surface area contributed by atoms with Crippen molar-refractivity contribution in [1.29, 1.82) is 0 Å². The van der Waals surface area contributed by atoms with Crippen LogP contribution in [-0.4, -0.2) is 53.7 Å². The maximum Gasteiger partial charge on any atom is 0.303 e. The molecule has 20 heavy (non-hydrogen) atoms. The van der Waals surface area contributed by atoms with Gasteiger partial charge in [-0.3, -0.25) is 19.2 Å². The molecule has 114 valence electrons. The van der Waals surface area contributed by atoms with Crippen molar-refractivity contribution in [2.75, 3.05) is 0 Å². The van der Waals surface area contributed by atoms with Crippen LogP contribution in [0.1, 0.15) is 31.7 Å². The second kappa shape index (κ2) is 8.26. The predicted octanol–water partition coefficient (Wildman–Crippen LogP) is -0.639. The molecule has 0 fully saturated rings. The number of aliphatic hydroxyl groups is 1. The Balaban J connectivity index is 5.48. The average molecular weight is 293 g/mol. The van der Waals surface area contributed by atoms with Crippen molar-refractivity contribution < 1.29 is 42.6 Å². The summed E-state index contributed by atoms with van der Waals surface area (Å²) in [6.07, 6.45) is -6.42. The lowest BCUT2D eigenvalue weighted by atomic mass is 10.0. The molecule has 0 amide bonds. The monoisotopic (exact) mass is 293 g/mol. The van der Waals surface area contributed by atoms with Gasteiger partial charge in [0.1, 0.15) is 0 Å². The Labute approximate surface area is 120 Å². The van der Waals surface area contributed by atoms with E-state index in [0.29, 0.717) is 0 Å². The zero-order chi connectivity index (χ0) is 18.0. The molecule has 0 rings (SSSR count). The minimum Gasteiger partial charge on any atom is -0.456 e. The first kappa shape index (κ1) is 13.0. The molecule has 0 unspecified atom stereocenters. The van der Waals surface area contributed by atoms with Crippen LogP contribution in [0, 0.1) is 0 Å². The highest BCUT2D eigenvalue weighted by molar-refractivity contribution is 5.72. The summed E-state index contributed by atoms with van der Waals surface area (Å²) in [6.45, 7) is -1.26. The molecule has 0 aromatic heterocycles. The second-order valence-corrected chi connectivity index (χ2v) is 3.74. The van der Waals surface area contributed by atoms with E-state index in [2.05, 4.69) is 4.74 Å². The molecule has 8 nitrogen and oxygen atoms in total. The molecule has 4 atom stereocenters. The van der Waals surface area contributed by atoms with Crippen LogP contribution in [0.3, 0.4) is 0 Å². The predicted molar refractivity (Wildman–Crippen MR) is 64.4 cm³/mol. The van der Waals surface area contributed by atoms with Crippen LogP contribution in [0.2, 0.25) is 0 Å². The first-order chi connectivity index (χ1) is 10.8. The summed E-state index contributed by atoms with van der Waals surface area (Å²) in [6, 6.07) is 0. The fourth-order valence-corrected chi connectivity index (χ4v) is 1.39. The van der Waals surface area contributed by atoms with E-state index in [-0.39, 0.29) is 6.29 Å². The quantitative estimate of drug-likeness (QED) is 0.374. The lowest BCUT2D eigenvalue weighted by molar-refractivity contribution is -0.190. The number of carbonyl (C=O) groups is 4. The Morgan fingerprint density at radius 1 is 1.00 bits per heavy atom. The summed E-state index contributed by atoms with van der Waals surface area (Å²) < 4.78 is 34.8. The van der Waals surface area contributed by atoms with Crippen molar-refractivity contribution in [3.8, 4) is 0 Å². The number of aldehydes is 1. The third-order valence-electron chi connectivity index (χ3n) is 2.06. The highest BCUT2D eigenvalue weighted by Gasteiger charge is 2.39. The molecule has 0 aromatic rings. The molecule has 0 aliphatic heterocycles. The van der Waals surface area contributed by atoms with Gasteiger partial charge in [-0.1, -0.05) is 0 Å². The smallest absolute Gasteiger partial charge is 0.303 e. The van der Waals surface area contributed by atoms with Crippen LogP contribution in [0.15, 0.2) is 0 Å². The van der Waals surface area contributed by atoms with E-state index >= 15 is 0 Å². The lowest BCUT2D eigenvalue weighted by Crippen LogP contribution is -2.50. The molecule has 0 aliphatic carbocycles. The molecule has 0 saturated heterocycles. The molecule has 1 N–H and O–H groups in total. The molecule has 0 aromatic carbocycles. The van der Waals surface area contributed by atoms with Gasteiger partial charge in [0.25, 0.3) is 0 Å². The van der Waals surface area contributed by atoms with Gasteiger partial charge in [0.2, 0.25) is 0 Å². The van der Waals surface area contributed by atoms with Crippen LogP contribution in [-0.2, 0) is 33.4 Å². The Kier molecular flexibility index (Phi) is 5.39. The Hall–Kier alpha value is -1.96.